The number of likely N-dealkylation sites (tertiary alicyclic amines) is 1. The van der Waals surface area contributed by atoms with Crippen molar-refractivity contribution in [1.82, 2.24) is 19.9 Å². The number of imidazole rings is 1. The van der Waals surface area contributed by atoms with Gasteiger partial charge in [0, 0.05) is 37.3 Å². The Kier molecular flexibility index (Phi) is 4.56. The number of amides is 1. The average Bonchev–Trinajstić information content (AvgIpc) is 3.10. The lowest BCUT2D eigenvalue weighted by atomic mass is 9.94. The highest BCUT2D eigenvalue weighted by Gasteiger charge is 2.25. The molecular weight excluding hydrogens is 328 g/mol. The van der Waals surface area contributed by atoms with E-state index in [1.54, 1.807) is 25.4 Å². The number of fused-ring (bicyclic) bond motifs is 1. The fourth-order valence-corrected chi connectivity index (χ4v) is 3.63. The number of H-pyrrole nitrogens is 1. The smallest absolute Gasteiger partial charge is 0.254 e. The number of carbonyl (C=O) groups excluding carboxylic acids is 1. The van der Waals surface area contributed by atoms with E-state index in [2.05, 4.69) is 15.0 Å². The van der Waals surface area contributed by atoms with Gasteiger partial charge in [0.05, 0.1) is 18.1 Å². The topological polar surface area (TPSA) is 71.1 Å². The van der Waals surface area contributed by atoms with Crippen molar-refractivity contribution in [2.45, 2.75) is 19.3 Å². The molecule has 0 saturated carbocycles. The van der Waals surface area contributed by atoms with Crippen molar-refractivity contribution in [1.29, 1.82) is 0 Å². The molecule has 1 saturated heterocycles. The summed E-state index contributed by atoms with van der Waals surface area (Å²) in [5.41, 5.74) is 2.69. The van der Waals surface area contributed by atoms with E-state index in [0.717, 1.165) is 49.2 Å². The molecule has 1 aliphatic heterocycles. The molecule has 0 spiro atoms. The second-order valence-corrected chi connectivity index (χ2v) is 6.75. The summed E-state index contributed by atoms with van der Waals surface area (Å²) in [6, 6.07) is 11.5. The lowest BCUT2D eigenvalue weighted by Gasteiger charge is -2.32. The normalized spacial score (nSPS) is 17.4. The van der Waals surface area contributed by atoms with Crippen molar-refractivity contribution >= 4 is 16.9 Å². The molecule has 1 aromatic carbocycles. The Morgan fingerprint density at radius 2 is 2.23 bits per heavy atom. The molecule has 0 unspecified atom stereocenters. The van der Waals surface area contributed by atoms with Gasteiger partial charge in [-0.3, -0.25) is 4.79 Å². The summed E-state index contributed by atoms with van der Waals surface area (Å²) < 4.78 is 5.13. The van der Waals surface area contributed by atoms with Crippen molar-refractivity contribution in [2.24, 2.45) is 5.92 Å². The van der Waals surface area contributed by atoms with E-state index < -0.39 is 0 Å². The van der Waals surface area contributed by atoms with Gasteiger partial charge in [-0.1, -0.05) is 12.1 Å². The molecule has 1 aliphatic rings. The first kappa shape index (κ1) is 16.6. The Hall–Kier alpha value is -2.89. The third kappa shape index (κ3) is 3.40. The minimum absolute atomic E-state index is 0.0417. The van der Waals surface area contributed by atoms with Gasteiger partial charge in [-0.05, 0) is 37.0 Å². The number of hydrogen-bond acceptors (Lipinski definition) is 4. The summed E-state index contributed by atoms with van der Waals surface area (Å²) >= 11 is 0. The standard InChI is InChI=1S/C20H22N4O2/c1-26-19-12-15(8-9-21-19)20(25)24-10-4-5-14(13-24)11-18-22-16-6-2-3-7-17(16)23-18/h2-3,6-9,12,14H,4-5,10-11,13H2,1H3,(H,22,23)/t14-/m0/s1. The van der Waals surface area contributed by atoms with E-state index in [0.29, 0.717) is 17.4 Å². The van der Waals surface area contributed by atoms with Crippen LogP contribution in [0.3, 0.4) is 0 Å². The molecule has 1 fully saturated rings. The molecule has 3 aromatic rings. The summed E-state index contributed by atoms with van der Waals surface area (Å²) in [5.74, 6) is 1.92. The maximum Gasteiger partial charge on any atom is 0.254 e. The highest BCUT2D eigenvalue weighted by atomic mass is 16.5. The first-order valence-electron chi connectivity index (χ1n) is 8.96. The molecule has 0 aliphatic carbocycles. The molecule has 4 rings (SSSR count). The van der Waals surface area contributed by atoms with Gasteiger partial charge in [-0.2, -0.15) is 0 Å². The first-order valence-corrected chi connectivity index (χ1v) is 8.96. The van der Waals surface area contributed by atoms with Crippen LogP contribution < -0.4 is 4.74 Å². The summed E-state index contributed by atoms with van der Waals surface area (Å²) in [4.78, 5) is 26.9. The average molecular weight is 350 g/mol. The van der Waals surface area contributed by atoms with Crippen LogP contribution >= 0.6 is 0 Å². The Morgan fingerprint density at radius 1 is 1.35 bits per heavy atom. The number of piperidine rings is 1. The number of benzene rings is 1. The fraction of sp³-hybridized carbons (Fsp3) is 0.350. The number of nitrogens with zero attached hydrogens (tertiary/aromatic N) is 3. The number of rotatable bonds is 4. The molecule has 2 aromatic heterocycles. The summed E-state index contributed by atoms with van der Waals surface area (Å²) in [6.07, 6.45) is 4.60. The zero-order chi connectivity index (χ0) is 17.9. The third-order valence-corrected chi connectivity index (χ3v) is 4.92. The van der Waals surface area contributed by atoms with Crippen LogP contribution in [0.2, 0.25) is 0 Å². The molecular formula is C20H22N4O2. The molecule has 1 atom stereocenters. The van der Waals surface area contributed by atoms with Crippen LogP contribution in [0.1, 0.15) is 29.0 Å². The van der Waals surface area contributed by atoms with E-state index in [9.17, 15) is 4.79 Å². The van der Waals surface area contributed by atoms with Crippen LogP contribution in [-0.2, 0) is 6.42 Å². The summed E-state index contributed by atoms with van der Waals surface area (Å²) in [7, 11) is 1.56. The highest BCUT2D eigenvalue weighted by Crippen LogP contribution is 2.23. The zero-order valence-corrected chi connectivity index (χ0v) is 14.8. The predicted molar refractivity (Wildman–Crippen MR) is 99.2 cm³/mol. The second kappa shape index (κ2) is 7.15. The number of aromatic nitrogens is 3. The van der Waals surface area contributed by atoms with Crippen LogP contribution in [0.25, 0.3) is 11.0 Å². The van der Waals surface area contributed by atoms with Gasteiger partial charge < -0.3 is 14.6 Å². The van der Waals surface area contributed by atoms with E-state index in [-0.39, 0.29) is 5.91 Å². The summed E-state index contributed by atoms with van der Waals surface area (Å²) in [5, 5.41) is 0. The second-order valence-electron chi connectivity index (χ2n) is 6.75. The Bertz CT molecular complexity index is 888. The quantitative estimate of drug-likeness (QED) is 0.785. The number of para-hydroxylation sites is 2. The van der Waals surface area contributed by atoms with Gasteiger partial charge in [0.15, 0.2) is 0 Å². The van der Waals surface area contributed by atoms with Gasteiger partial charge in [0.25, 0.3) is 5.91 Å². The van der Waals surface area contributed by atoms with Crippen molar-refractivity contribution in [3.63, 3.8) is 0 Å². The van der Waals surface area contributed by atoms with Crippen LogP contribution in [0.5, 0.6) is 5.88 Å². The number of hydrogen-bond donors (Lipinski definition) is 1. The molecule has 1 N–H and O–H groups in total. The van der Waals surface area contributed by atoms with Gasteiger partial charge in [0.1, 0.15) is 5.82 Å². The maximum absolute atomic E-state index is 12.8. The van der Waals surface area contributed by atoms with E-state index in [1.165, 1.54) is 0 Å². The Morgan fingerprint density at radius 3 is 3.08 bits per heavy atom. The molecule has 0 bridgehead atoms. The van der Waals surface area contributed by atoms with Crippen LogP contribution in [0.15, 0.2) is 42.6 Å². The Labute approximate surface area is 152 Å². The lowest BCUT2D eigenvalue weighted by Crippen LogP contribution is -2.40. The molecule has 26 heavy (non-hydrogen) atoms. The highest BCUT2D eigenvalue weighted by molar-refractivity contribution is 5.94. The molecule has 1 amide bonds. The Balaban J connectivity index is 1.45. The van der Waals surface area contributed by atoms with Crippen LogP contribution in [0, 0.1) is 5.92 Å². The largest absolute Gasteiger partial charge is 0.481 e. The first-order chi connectivity index (χ1) is 12.7. The van der Waals surface area contributed by atoms with Crippen LogP contribution in [0.4, 0.5) is 0 Å². The molecule has 3 heterocycles. The number of ether oxygens (including phenoxy) is 1. The molecule has 0 radical (unpaired) electrons. The van der Waals surface area contributed by atoms with Gasteiger partial charge >= 0.3 is 0 Å². The van der Waals surface area contributed by atoms with Gasteiger partial charge in [0.2, 0.25) is 5.88 Å². The number of pyridine rings is 1. The molecule has 6 heteroatoms. The maximum atomic E-state index is 12.8. The lowest BCUT2D eigenvalue weighted by molar-refractivity contribution is 0.0671. The molecule has 6 nitrogen and oxygen atoms in total. The minimum Gasteiger partial charge on any atom is -0.481 e. The van der Waals surface area contributed by atoms with Crippen molar-refractivity contribution in [2.75, 3.05) is 20.2 Å². The number of aromatic amines is 1. The van der Waals surface area contributed by atoms with E-state index in [1.807, 2.05) is 29.2 Å². The monoisotopic (exact) mass is 350 g/mol. The summed E-state index contributed by atoms with van der Waals surface area (Å²) in [6.45, 7) is 1.54. The predicted octanol–water partition coefficient (Wildman–Crippen LogP) is 3.06. The molecule has 134 valence electrons. The van der Waals surface area contributed by atoms with E-state index >= 15 is 0 Å². The number of methoxy groups -OCH3 is 1. The third-order valence-electron chi connectivity index (χ3n) is 4.92. The van der Waals surface area contributed by atoms with Crippen molar-refractivity contribution in [3.05, 3.63) is 54.0 Å². The number of nitrogens with one attached hydrogen (secondary N) is 1. The van der Waals surface area contributed by atoms with Crippen molar-refractivity contribution < 1.29 is 9.53 Å². The SMILES string of the molecule is COc1cc(C(=O)N2CCC[C@@H](Cc3nc4ccccc4[nH]3)C2)ccn1. The van der Waals surface area contributed by atoms with Gasteiger partial charge in [-0.15, -0.1) is 0 Å². The van der Waals surface area contributed by atoms with Crippen LogP contribution in [-0.4, -0.2) is 46.0 Å². The fourth-order valence-electron chi connectivity index (χ4n) is 3.63. The van der Waals surface area contributed by atoms with Crippen molar-refractivity contribution in [3.8, 4) is 5.88 Å². The minimum atomic E-state index is 0.0417. The van der Waals surface area contributed by atoms with E-state index in [4.69, 9.17) is 4.74 Å². The zero-order valence-electron chi connectivity index (χ0n) is 14.8. The van der Waals surface area contributed by atoms with Gasteiger partial charge in [-0.25, -0.2) is 9.97 Å². The number of carbonyl (C=O) groups is 1.